The maximum atomic E-state index is 11.8. The number of carbonyl (C=O) groups excluding carboxylic acids is 2. The predicted molar refractivity (Wildman–Crippen MR) is 72.4 cm³/mol. The minimum Gasteiger partial charge on any atom is -0.345 e. The maximum absolute atomic E-state index is 11.8. The minimum absolute atomic E-state index is 0.0680. The van der Waals surface area contributed by atoms with Crippen LogP contribution in [0.1, 0.15) is 20.7 Å². The molecule has 1 aromatic carbocycles. The zero-order valence-electron chi connectivity index (χ0n) is 9.97. The van der Waals surface area contributed by atoms with E-state index >= 15 is 0 Å². The molecule has 0 aliphatic heterocycles. The number of benzene rings is 1. The van der Waals surface area contributed by atoms with E-state index in [1.165, 1.54) is 18.5 Å². The molecule has 0 saturated carbocycles. The second kappa shape index (κ2) is 6.11. The highest BCUT2D eigenvalue weighted by Crippen LogP contribution is 2.12. The Balaban J connectivity index is 1.98. The van der Waals surface area contributed by atoms with Crippen LogP contribution in [0, 0.1) is 0 Å². The lowest BCUT2D eigenvalue weighted by molar-refractivity contribution is 0.0904. The van der Waals surface area contributed by atoms with Crippen molar-refractivity contribution in [3.8, 4) is 0 Å². The van der Waals surface area contributed by atoms with Gasteiger partial charge < -0.3 is 5.32 Å². The number of nitrogens with one attached hydrogen (secondary N) is 1. The molecule has 0 saturated heterocycles. The fourth-order valence-corrected chi connectivity index (χ4v) is 1.75. The number of halogens is 1. The third-order valence-electron chi connectivity index (χ3n) is 2.52. The molecule has 0 bridgehead atoms. The van der Waals surface area contributed by atoms with E-state index in [1.807, 2.05) is 6.07 Å². The van der Waals surface area contributed by atoms with E-state index in [0.29, 0.717) is 11.1 Å². The molecular weight excluding hydrogens is 264 g/mol. The normalized spacial score (nSPS) is 9.95. The van der Waals surface area contributed by atoms with E-state index in [4.69, 9.17) is 11.6 Å². The Labute approximate surface area is 115 Å². The molecule has 1 heterocycles. The number of pyridine rings is 1. The van der Waals surface area contributed by atoms with E-state index in [1.54, 1.807) is 24.3 Å². The molecule has 4 nitrogen and oxygen atoms in total. The zero-order valence-corrected chi connectivity index (χ0v) is 10.7. The van der Waals surface area contributed by atoms with Crippen LogP contribution in [0.5, 0.6) is 0 Å². The average Bonchev–Trinajstić information content (AvgIpc) is 2.46. The molecule has 0 radical (unpaired) electrons. The average molecular weight is 275 g/mol. The summed E-state index contributed by atoms with van der Waals surface area (Å²) in [6, 6.07) is 10.3. The quantitative estimate of drug-likeness (QED) is 0.871. The monoisotopic (exact) mass is 274 g/mol. The first-order chi connectivity index (χ1) is 9.18. The Morgan fingerprint density at radius 2 is 1.89 bits per heavy atom. The van der Waals surface area contributed by atoms with Gasteiger partial charge in [-0.2, -0.15) is 0 Å². The van der Waals surface area contributed by atoms with Gasteiger partial charge in [-0.1, -0.05) is 41.9 Å². The Morgan fingerprint density at radius 3 is 2.58 bits per heavy atom. The van der Waals surface area contributed by atoms with Crippen molar-refractivity contribution < 1.29 is 9.59 Å². The summed E-state index contributed by atoms with van der Waals surface area (Å²) in [5.41, 5.74) is 0.862. The van der Waals surface area contributed by atoms with Crippen molar-refractivity contribution in [1.82, 2.24) is 10.3 Å². The van der Waals surface area contributed by atoms with Gasteiger partial charge in [-0.25, -0.2) is 0 Å². The number of ketones is 1. The van der Waals surface area contributed by atoms with Gasteiger partial charge in [0.15, 0.2) is 5.78 Å². The molecular formula is C14H11ClN2O2. The predicted octanol–water partition coefficient (Wildman–Crippen LogP) is 2.35. The van der Waals surface area contributed by atoms with Crippen LogP contribution in [-0.4, -0.2) is 23.2 Å². The van der Waals surface area contributed by atoms with Gasteiger partial charge in [-0.15, -0.1) is 0 Å². The van der Waals surface area contributed by atoms with Crippen LogP contribution in [-0.2, 0) is 0 Å². The third-order valence-corrected chi connectivity index (χ3v) is 2.82. The van der Waals surface area contributed by atoms with E-state index in [-0.39, 0.29) is 17.4 Å². The number of nitrogens with zero attached hydrogens (tertiary/aromatic N) is 1. The number of aromatic nitrogens is 1. The Hall–Kier alpha value is -2.20. The lowest BCUT2D eigenvalue weighted by atomic mass is 10.1. The van der Waals surface area contributed by atoms with E-state index in [9.17, 15) is 9.59 Å². The van der Waals surface area contributed by atoms with Crippen LogP contribution >= 0.6 is 11.6 Å². The van der Waals surface area contributed by atoms with Crippen LogP contribution < -0.4 is 5.32 Å². The first kappa shape index (κ1) is 13.2. The molecule has 0 aliphatic rings. The van der Waals surface area contributed by atoms with Crippen molar-refractivity contribution in [3.05, 3.63) is 64.9 Å². The summed E-state index contributed by atoms with van der Waals surface area (Å²) in [7, 11) is 0. The van der Waals surface area contributed by atoms with Gasteiger partial charge >= 0.3 is 0 Å². The highest BCUT2D eigenvalue weighted by molar-refractivity contribution is 6.33. The second-order valence-corrected chi connectivity index (χ2v) is 4.23. The SMILES string of the molecule is O=C(CNC(=O)c1ccncc1Cl)c1ccccc1. The van der Waals surface area contributed by atoms with Gasteiger partial charge in [0, 0.05) is 18.0 Å². The van der Waals surface area contributed by atoms with Crippen LogP contribution in [0.4, 0.5) is 0 Å². The lowest BCUT2D eigenvalue weighted by Gasteiger charge is -2.05. The van der Waals surface area contributed by atoms with E-state index < -0.39 is 5.91 Å². The van der Waals surface area contributed by atoms with Gasteiger partial charge in [0.2, 0.25) is 0 Å². The fraction of sp³-hybridized carbons (Fsp3) is 0.0714. The number of Topliss-reactive ketones (excluding diaryl/α,β-unsaturated/α-hetero) is 1. The Bertz CT molecular complexity index is 599. The van der Waals surface area contributed by atoms with Gasteiger partial charge in [-0.05, 0) is 6.07 Å². The number of carbonyl (C=O) groups is 2. The Kier molecular flexibility index (Phi) is 4.26. The highest BCUT2D eigenvalue weighted by atomic mass is 35.5. The molecule has 0 aliphatic carbocycles. The third kappa shape index (κ3) is 3.39. The minimum atomic E-state index is -0.392. The van der Waals surface area contributed by atoms with Crippen LogP contribution in [0.2, 0.25) is 5.02 Å². The highest BCUT2D eigenvalue weighted by Gasteiger charge is 2.12. The molecule has 1 N–H and O–H groups in total. The van der Waals surface area contributed by atoms with Crippen molar-refractivity contribution in [2.24, 2.45) is 0 Å². The number of hydrogen-bond donors (Lipinski definition) is 1. The molecule has 0 fully saturated rings. The van der Waals surface area contributed by atoms with Crippen LogP contribution in [0.25, 0.3) is 0 Å². The summed E-state index contributed by atoms with van der Waals surface area (Å²) in [4.78, 5) is 27.4. The van der Waals surface area contributed by atoms with E-state index in [0.717, 1.165) is 0 Å². The molecule has 1 amide bonds. The smallest absolute Gasteiger partial charge is 0.253 e. The molecule has 1 aromatic heterocycles. The first-order valence-corrected chi connectivity index (χ1v) is 6.02. The zero-order chi connectivity index (χ0) is 13.7. The van der Waals surface area contributed by atoms with Gasteiger partial charge in [0.05, 0.1) is 17.1 Å². The number of hydrogen-bond acceptors (Lipinski definition) is 3. The maximum Gasteiger partial charge on any atom is 0.253 e. The van der Waals surface area contributed by atoms with Crippen molar-refractivity contribution in [1.29, 1.82) is 0 Å². The van der Waals surface area contributed by atoms with Gasteiger partial charge in [-0.3, -0.25) is 14.6 Å². The summed E-state index contributed by atoms with van der Waals surface area (Å²) < 4.78 is 0. The number of rotatable bonds is 4. The van der Waals surface area contributed by atoms with Crippen LogP contribution in [0.15, 0.2) is 48.8 Å². The van der Waals surface area contributed by atoms with Crippen molar-refractivity contribution in [3.63, 3.8) is 0 Å². The molecule has 96 valence electrons. The van der Waals surface area contributed by atoms with Gasteiger partial charge in [0.25, 0.3) is 5.91 Å². The second-order valence-electron chi connectivity index (χ2n) is 3.83. The summed E-state index contributed by atoms with van der Waals surface area (Å²) in [5.74, 6) is -0.546. The van der Waals surface area contributed by atoms with Gasteiger partial charge in [0.1, 0.15) is 0 Å². The van der Waals surface area contributed by atoms with Crippen molar-refractivity contribution in [2.75, 3.05) is 6.54 Å². The summed E-state index contributed by atoms with van der Waals surface area (Å²) in [5, 5.41) is 2.79. The van der Waals surface area contributed by atoms with Crippen molar-refractivity contribution >= 4 is 23.3 Å². The number of amides is 1. The molecule has 2 aromatic rings. The standard InChI is InChI=1S/C14H11ClN2O2/c15-12-8-16-7-6-11(12)14(19)17-9-13(18)10-4-2-1-3-5-10/h1-8H,9H2,(H,17,19). The molecule has 2 rings (SSSR count). The van der Waals surface area contributed by atoms with Crippen molar-refractivity contribution in [2.45, 2.75) is 0 Å². The summed E-state index contributed by atoms with van der Waals surface area (Å²) in [6.45, 7) is -0.0680. The topological polar surface area (TPSA) is 59.1 Å². The molecule has 0 spiro atoms. The van der Waals surface area contributed by atoms with E-state index in [2.05, 4.69) is 10.3 Å². The summed E-state index contributed by atoms with van der Waals surface area (Å²) >= 11 is 5.84. The molecule has 0 atom stereocenters. The lowest BCUT2D eigenvalue weighted by Crippen LogP contribution is -2.29. The largest absolute Gasteiger partial charge is 0.345 e. The molecule has 19 heavy (non-hydrogen) atoms. The first-order valence-electron chi connectivity index (χ1n) is 5.64. The molecule has 5 heteroatoms. The molecule has 0 unspecified atom stereocenters. The summed E-state index contributed by atoms with van der Waals surface area (Å²) in [6.07, 6.45) is 2.86. The Morgan fingerprint density at radius 1 is 1.16 bits per heavy atom. The van der Waals surface area contributed by atoms with Crippen LogP contribution in [0.3, 0.4) is 0 Å². The fourth-order valence-electron chi connectivity index (χ4n) is 1.54.